The first-order chi connectivity index (χ1) is 13.5. The third-order valence-corrected chi connectivity index (χ3v) is 5.44. The second kappa shape index (κ2) is 6.44. The van der Waals surface area contributed by atoms with Crippen LogP contribution in [0.1, 0.15) is 46.7 Å². The minimum absolute atomic E-state index is 0.275. The van der Waals surface area contributed by atoms with Crippen molar-refractivity contribution in [3.05, 3.63) is 70.9 Å². The second-order valence-electron chi connectivity index (χ2n) is 7.34. The molecule has 0 radical (unpaired) electrons. The van der Waals surface area contributed by atoms with Gasteiger partial charge in [0.05, 0.1) is 11.3 Å². The molecule has 28 heavy (non-hydrogen) atoms. The van der Waals surface area contributed by atoms with Crippen LogP contribution >= 0.6 is 0 Å². The lowest BCUT2D eigenvalue weighted by Crippen LogP contribution is -2.15. The van der Waals surface area contributed by atoms with Gasteiger partial charge in [-0.3, -0.25) is 4.98 Å². The zero-order valence-electron chi connectivity index (χ0n) is 15.0. The number of alkyl halides is 3. The molecule has 2 atom stereocenters. The van der Waals surface area contributed by atoms with Gasteiger partial charge in [-0.2, -0.15) is 13.2 Å². The van der Waals surface area contributed by atoms with Crippen molar-refractivity contribution in [1.29, 1.82) is 0 Å². The van der Waals surface area contributed by atoms with Gasteiger partial charge in [-0.15, -0.1) is 0 Å². The Morgan fingerprint density at radius 2 is 1.89 bits per heavy atom. The van der Waals surface area contributed by atoms with E-state index in [4.69, 9.17) is 4.42 Å². The molecule has 1 fully saturated rings. The van der Waals surface area contributed by atoms with Gasteiger partial charge in [0.2, 0.25) is 5.89 Å². The molecular formula is C21H18F3N3O. The van der Waals surface area contributed by atoms with E-state index in [1.165, 1.54) is 17.7 Å². The van der Waals surface area contributed by atoms with Crippen LogP contribution in [0.15, 0.2) is 47.0 Å². The molecule has 1 aliphatic carbocycles. The fraction of sp³-hybridized carbons (Fsp3) is 0.333. The summed E-state index contributed by atoms with van der Waals surface area (Å²) in [5.74, 6) is 1.48. The number of pyridine rings is 1. The third kappa shape index (κ3) is 3.20. The summed E-state index contributed by atoms with van der Waals surface area (Å²) < 4.78 is 44.1. The molecule has 2 aliphatic rings. The molecule has 5 rings (SSSR count). The van der Waals surface area contributed by atoms with Crippen LogP contribution in [0.2, 0.25) is 0 Å². The minimum atomic E-state index is -4.35. The topological polar surface area (TPSA) is 60.9 Å². The highest BCUT2D eigenvalue weighted by molar-refractivity contribution is 5.54. The molecule has 3 aromatic rings. The number of halogens is 3. The molecular weight excluding hydrogens is 367 g/mol. The van der Waals surface area contributed by atoms with Gasteiger partial charge in [0.1, 0.15) is 5.76 Å². The van der Waals surface area contributed by atoms with Crippen LogP contribution in [0.5, 0.6) is 0 Å². The highest BCUT2D eigenvalue weighted by atomic mass is 19.4. The lowest BCUT2D eigenvalue weighted by Gasteiger charge is -2.21. The number of aryl methyl sites for hydroxylation is 1. The van der Waals surface area contributed by atoms with E-state index in [2.05, 4.69) is 21.4 Å². The van der Waals surface area contributed by atoms with Crippen LogP contribution in [0.3, 0.4) is 0 Å². The van der Waals surface area contributed by atoms with Crippen molar-refractivity contribution in [2.45, 2.75) is 37.4 Å². The Labute approximate surface area is 159 Å². The molecule has 4 nitrogen and oxygen atoms in total. The molecule has 0 bridgehead atoms. The molecule has 1 aliphatic heterocycles. The molecule has 144 valence electrons. The van der Waals surface area contributed by atoms with Crippen LogP contribution in [0.25, 0.3) is 11.5 Å². The number of nitrogens with one attached hydrogen (secondary N) is 1. The number of hydrogen-bond acceptors (Lipinski definition) is 4. The molecule has 1 unspecified atom stereocenters. The summed E-state index contributed by atoms with van der Waals surface area (Å²) >= 11 is 0. The largest absolute Gasteiger partial charge is 0.441 e. The number of nitrogens with zero attached hydrogens (tertiary/aromatic N) is 2. The van der Waals surface area contributed by atoms with Gasteiger partial charge >= 0.3 is 6.18 Å². The first-order valence-electron chi connectivity index (χ1n) is 9.33. The van der Waals surface area contributed by atoms with E-state index in [-0.39, 0.29) is 5.92 Å². The summed E-state index contributed by atoms with van der Waals surface area (Å²) in [5, 5.41) is 3.34. The lowest BCUT2D eigenvalue weighted by atomic mass is 9.85. The fourth-order valence-corrected chi connectivity index (χ4v) is 3.88. The summed E-state index contributed by atoms with van der Waals surface area (Å²) in [7, 11) is 0. The zero-order chi connectivity index (χ0) is 19.3. The van der Waals surface area contributed by atoms with Crippen molar-refractivity contribution >= 4 is 0 Å². The highest BCUT2D eigenvalue weighted by Crippen LogP contribution is 2.38. The van der Waals surface area contributed by atoms with Gasteiger partial charge in [0.15, 0.2) is 0 Å². The summed E-state index contributed by atoms with van der Waals surface area (Å²) in [6.45, 7) is 0.985. The van der Waals surface area contributed by atoms with Crippen LogP contribution < -0.4 is 5.32 Å². The maximum Gasteiger partial charge on any atom is 0.416 e. The Kier molecular flexibility index (Phi) is 4.01. The maximum atomic E-state index is 12.8. The van der Waals surface area contributed by atoms with E-state index < -0.39 is 11.7 Å². The average Bonchev–Trinajstić information content (AvgIpc) is 3.45. The van der Waals surface area contributed by atoms with Gasteiger partial charge in [0.25, 0.3) is 0 Å². The van der Waals surface area contributed by atoms with Gasteiger partial charge < -0.3 is 9.73 Å². The van der Waals surface area contributed by atoms with E-state index in [9.17, 15) is 13.2 Å². The summed E-state index contributed by atoms with van der Waals surface area (Å²) in [6, 6.07) is 9.42. The fourth-order valence-electron chi connectivity index (χ4n) is 3.88. The number of aromatic nitrogens is 2. The Bertz CT molecular complexity index is 1010. The van der Waals surface area contributed by atoms with Gasteiger partial charge in [0, 0.05) is 48.8 Å². The smallest absolute Gasteiger partial charge is 0.416 e. The van der Waals surface area contributed by atoms with Crippen molar-refractivity contribution in [1.82, 2.24) is 15.3 Å². The standard InChI is InChI=1S/C21H18F3N3O/c22-21(23,24)14-6-3-12(4-7-14)20-27-16-10-13(5-8-18(16)28-20)19-15(17-11-26-17)2-1-9-25-19/h1-4,6-7,9,13,17,26H,5,8,10-11H2/t13?,17-/m1/s1. The van der Waals surface area contributed by atoms with Gasteiger partial charge in [-0.25, -0.2) is 4.98 Å². The summed E-state index contributed by atoms with van der Waals surface area (Å²) in [4.78, 5) is 9.22. The Balaban J connectivity index is 1.40. The average molecular weight is 385 g/mol. The first-order valence-corrected chi connectivity index (χ1v) is 9.33. The van der Waals surface area contributed by atoms with E-state index in [0.29, 0.717) is 17.5 Å². The number of fused-ring (bicyclic) bond motifs is 1. The molecule has 7 heteroatoms. The van der Waals surface area contributed by atoms with Crippen LogP contribution in [-0.4, -0.2) is 16.5 Å². The lowest BCUT2D eigenvalue weighted by molar-refractivity contribution is -0.137. The zero-order valence-corrected chi connectivity index (χ0v) is 15.0. The van der Waals surface area contributed by atoms with Crippen molar-refractivity contribution < 1.29 is 17.6 Å². The van der Waals surface area contributed by atoms with Crippen molar-refractivity contribution in [2.75, 3.05) is 6.54 Å². The molecule has 2 aromatic heterocycles. The van der Waals surface area contributed by atoms with Crippen LogP contribution in [0, 0.1) is 0 Å². The second-order valence-corrected chi connectivity index (χ2v) is 7.34. The van der Waals surface area contributed by atoms with E-state index in [1.807, 2.05) is 12.3 Å². The molecule has 1 N–H and O–H groups in total. The minimum Gasteiger partial charge on any atom is -0.441 e. The number of hydrogen-bond donors (Lipinski definition) is 1. The summed E-state index contributed by atoms with van der Waals surface area (Å²) in [5.41, 5.74) is 3.12. The predicted molar refractivity (Wildman–Crippen MR) is 96.7 cm³/mol. The molecule has 1 saturated heterocycles. The quantitative estimate of drug-likeness (QED) is 0.666. The Hall–Kier alpha value is -2.67. The number of rotatable bonds is 3. The molecule has 0 spiro atoms. The van der Waals surface area contributed by atoms with E-state index >= 15 is 0 Å². The number of oxazole rings is 1. The SMILES string of the molecule is FC(F)(F)c1ccc(-c2nc3c(o2)CCC(c2ncccc2[C@H]2CN2)C3)cc1. The Morgan fingerprint density at radius 1 is 1.11 bits per heavy atom. The van der Waals surface area contributed by atoms with E-state index in [0.717, 1.165) is 55.1 Å². The monoisotopic (exact) mass is 385 g/mol. The highest BCUT2D eigenvalue weighted by Gasteiger charge is 2.33. The van der Waals surface area contributed by atoms with E-state index in [1.54, 1.807) is 0 Å². The Morgan fingerprint density at radius 3 is 2.61 bits per heavy atom. The molecule has 3 heterocycles. The molecule has 1 aromatic carbocycles. The maximum absolute atomic E-state index is 12.8. The number of benzene rings is 1. The van der Waals surface area contributed by atoms with Crippen LogP contribution in [-0.2, 0) is 19.0 Å². The van der Waals surface area contributed by atoms with Crippen molar-refractivity contribution in [3.63, 3.8) is 0 Å². The summed E-state index contributed by atoms with van der Waals surface area (Å²) in [6.07, 6.45) is -0.116. The van der Waals surface area contributed by atoms with Gasteiger partial charge in [-0.1, -0.05) is 6.07 Å². The first kappa shape index (κ1) is 17.4. The normalized spacial score (nSPS) is 21.4. The van der Waals surface area contributed by atoms with Crippen molar-refractivity contribution in [2.24, 2.45) is 0 Å². The van der Waals surface area contributed by atoms with Gasteiger partial charge in [-0.05, 0) is 42.3 Å². The van der Waals surface area contributed by atoms with Crippen LogP contribution in [0.4, 0.5) is 13.2 Å². The predicted octanol–water partition coefficient (Wildman–Crippen LogP) is 4.67. The third-order valence-electron chi connectivity index (χ3n) is 5.44. The molecule has 0 amide bonds. The molecule has 0 saturated carbocycles. The van der Waals surface area contributed by atoms with Crippen molar-refractivity contribution in [3.8, 4) is 11.5 Å².